The van der Waals surface area contributed by atoms with Crippen LogP contribution in [-0.2, 0) is 0 Å². The highest BCUT2D eigenvalue weighted by molar-refractivity contribution is 6.12. The maximum Gasteiger partial charge on any atom is 0.167 e. The first-order valence-corrected chi connectivity index (χ1v) is 11.5. The van der Waals surface area contributed by atoms with Crippen LogP contribution in [0.3, 0.4) is 0 Å². The zero-order valence-electron chi connectivity index (χ0n) is 18.7. The Morgan fingerprint density at radius 3 is 1.69 bits per heavy atom. The monoisotopic (exact) mass is 449 g/mol. The summed E-state index contributed by atoms with van der Waals surface area (Å²) in [4.78, 5) is 14.6. The van der Waals surface area contributed by atoms with E-state index in [0.717, 1.165) is 44.0 Å². The third-order valence-corrected chi connectivity index (χ3v) is 6.31. The number of benzene rings is 5. The fraction of sp³-hybridized carbons (Fsp3) is 0. The Bertz CT molecular complexity index is 1780. The lowest BCUT2D eigenvalue weighted by Crippen LogP contribution is -2.00. The van der Waals surface area contributed by atoms with Gasteiger partial charge in [-0.25, -0.2) is 15.0 Å². The summed E-state index contributed by atoms with van der Waals surface area (Å²) in [6.07, 6.45) is 0. The van der Waals surface area contributed by atoms with Crippen molar-refractivity contribution in [3.05, 3.63) is 115 Å². The number of fused-ring (bicyclic) bond motifs is 4. The summed E-state index contributed by atoms with van der Waals surface area (Å²) in [5, 5.41) is 4.47. The molecule has 0 atom stereocenters. The molecule has 2 aromatic heterocycles. The van der Waals surface area contributed by atoms with E-state index in [4.69, 9.17) is 19.4 Å². The zero-order chi connectivity index (χ0) is 23.2. The Kier molecular flexibility index (Phi) is 4.42. The van der Waals surface area contributed by atoms with Gasteiger partial charge in [-0.05, 0) is 29.0 Å². The topological polar surface area (TPSA) is 51.8 Å². The Morgan fingerprint density at radius 1 is 0.457 bits per heavy atom. The number of nitrogens with zero attached hydrogens (tertiary/aromatic N) is 3. The van der Waals surface area contributed by atoms with Gasteiger partial charge in [0.25, 0.3) is 0 Å². The molecule has 0 unspecified atom stereocenters. The molecule has 4 heteroatoms. The molecule has 35 heavy (non-hydrogen) atoms. The molecule has 0 amide bonds. The molecule has 7 aromatic rings. The van der Waals surface area contributed by atoms with E-state index in [1.54, 1.807) is 0 Å². The van der Waals surface area contributed by atoms with Gasteiger partial charge in [0.2, 0.25) is 0 Å². The standard InChI is InChI=1S/C31H19N3O/c1-3-10-20(11-4-1)29-32-30(21-12-5-2-6-13-21)34-31(33-29)25-17-9-16-24-26-18-22-14-7-8-15-23(22)19-27(26)35-28(24)25/h1-19H. The van der Waals surface area contributed by atoms with Crippen LogP contribution >= 0.6 is 0 Å². The van der Waals surface area contributed by atoms with Crippen LogP contribution in [0, 0.1) is 0 Å². The molecule has 0 aliphatic rings. The third-order valence-electron chi connectivity index (χ3n) is 6.31. The number of rotatable bonds is 3. The number of aromatic nitrogens is 3. The molecule has 0 radical (unpaired) electrons. The quantitative estimate of drug-likeness (QED) is 0.275. The highest BCUT2D eigenvalue weighted by atomic mass is 16.3. The lowest BCUT2D eigenvalue weighted by molar-refractivity contribution is 0.670. The minimum Gasteiger partial charge on any atom is -0.455 e. The molecule has 0 N–H and O–H groups in total. The van der Waals surface area contributed by atoms with Gasteiger partial charge in [0.15, 0.2) is 17.5 Å². The highest BCUT2D eigenvalue weighted by Gasteiger charge is 2.17. The van der Waals surface area contributed by atoms with Crippen LogP contribution in [0.2, 0.25) is 0 Å². The predicted molar refractivity (Wildman–Crippen MR) is 141 cm³/mol. The van der Waals surface area contributed by atoms with Gasteiger partial charge in [-0.3, -0.25) is 0 Å². The van der Waals surface area contributed by atoms with E-state index in [1.165, 1.54) is 5.39 Å². The molecule has 4 nitrogen and oxygen atoms in total. The predicted octanol–water partition coefficient (Wildman–Crippen LogP) is 7.93. The minimum absolute atomic E-state index is 0.590. The smallest absolute Gasteiger partial charge is 0.167 e. The molecule has 0 aliphatic heterocycles. The highest BCUT2D eigenvalue weighted by Crippen LogP contribution is 2.37. The lowest BCUT2D eigenvalue weighted by atomic mass is 10.0. The summed E-state index contributed by atoms with van der Waals surface area (Å²) in [6.45, 7) is 0. The average Bonchev–Trinajstić information content (AvgIpc) is 3.30. The fourth-order valence-corrected chi connectivity index (χ4v) is 4.59. The normalized spacial score (nSPS) is 11.4. The number of hydrogen-bond donors (Lipinski definition) is 0. The summed E-state index contributed by atoms with van der Waals surface area (Å²) < 4.78 is 6.44. The van der Waals surface area contributed by atoms with Crippen molar-refractivity contribution in [2.45, 2.75) is 0 Å². The van der Waals surface area contributed by atoms with Crippen molar-refractivity contribution < 1.29 is 4.42 Å². The van der Waals surface area contributed by atoms with E-state index in [9.17, 15) is 0 Å². The summed E-state index contributed by atoms with van der Waals surface area (Å²) in [5.74, 6) is 1.86. The van der Waals surface area contributed by atoms with E-state index < -0.39 is 0 Å². The molecule has 0 aliphatic carbocycles. The molecule has 0 spiro atoms. The van der Waals surface area contributed by atoms with Crippen molar-refractivity contribution in [1.29, 1.82) is 0 Å². The van der Waals surface area contributed by atoms with Gasteiger partial charge in [0.1, 0.15) is 11.2 Å². The molecule has 5 aromatic carbocycles. The molecule has 7 rings (SSSR count). The molecule has 2 heterocycles. The maximum atomic E-state index is 6.44. The van der Waals surface area contributed by atoms with Crippen LogP contribution in [0.4, 0.5) is 0 Å². The Labute approximate surface area is 201 Å². The Morgan fingerprint density at radius 2 is 1.03 bits per heavy atom. The van der Waals surface area contributed by atoms with Crippen molar-refractivity contribution in [1.82, 2.24) is 15.0 Å². The van der Waals surface area contributed by atoms with E-state index in [-0.39, 0.29) is 0 Å². The van der Waals surface area contributed by atoms with Gasteiger partial charge < -0.3 is 4.42 Å². The van der Waals surface area contributed by atoms with Crippen LogP contribution in [0.25, 0.3) is 66.9 Å². The largest absolute Gasteiger partial charge is 0.455 e. The molecule has 164 valence electrons. The summed E-state index contributed by atoms with van der Waals surface area (Å²) in [6, 6.07) is 38.8. The van der Waals surface area contributed by atoms with E-state index in [2.05, 4.69) is 36.4 Å². The zero-order valence-corrected chi connectivity index (χ0v) is 18.7. The second-order valence-electron chi connectivity index (χ2n) is 8.52. The summed E-state index contributed by atoms with van der Waals surface area (Å²) >= 11 is 0. The van der Waals surface area contributed by atoms with Crippen LogP contribution < -0.4 is 0 Å². The van der Waals surface area contributed by atoms with Crippen molar-refractivity contribution in [2.24, 2.45) is 0 Å². The van der Waals surface area contributed by atoms with Crippen LogP contribution in [0.1, 0.15) is 0 Å². The molecule has 0 bridgehead atoms. The van der Waals surface area contributed by atoms with Crippen LogP contribution in [0.5, 0.6) is 0 Å². The Balaban J connectivity index is 1.50. The molecule has 0 saturated heterocycles. The van der Waals surface area contributed by atoms with Crippen molar-refractivity contribution in [2.75, 3.05) is 0 Å². The second kappa shape index (κ2) is 7.89. The van der Waals surface area contributed by atoms with Gasteiger partial charge >= 0.3 is 0 Å². The first kappa shape index (κ1) is 19.6. The summed E-state index contributed by atoms with van der Waals surface area (Å²) in [5.41, 5.74) is 4.36. The summed E-state index contributed by atoms with van der Waals surface area (Å²) in [7, 11) is 0. The van der Waals surface area contributed by atoms with Crippen LogP contribution in [0.15, 0.2) is 120 Å². The molecular weight excluding hydrogens is 430 g/mol. The lowest BCUT2D eigenvalue weighted by Gasteiger charge is -2.08. The number of para-hydroxylation sites is 1. The third kappa shape index (κ3) is 3.35. The maximum absolute atomic E-state index is 6.44. The molecule has 0 saturated carbocycles. The van der Waals surface area contributed by atoms with Gasteiger partial charge in [0, 0.05) is 21.9 Å². The van der Waals surface area contributed by atoms with Crippen molar-refractivity contribution in [3.63, 3.8) is 0 Å². The van der Waals surface area contributed by atoms with Crippen molar-refractivity contribution >= 4 is 32.7 Å². The van der Waals surface area contributed by atoms with E-state index in [1.807, 2.05) is 78.9 Å². The Hall–Kier alpha value is -4.83. The number of furan rings is 1. The molecule has 0 fully saturated rings. The fourth-order valence-electron chi connectivity index (χ4n) is 4.59. The average molecular weight is 450 g/mol. The van der Waals surface area contributed by atoms with Gasteiger partial charge in [-0.2, -0.15) is 0 Å². The van der Waals surface area contributed by atoms with Gasteiger partial charge in [-0.1, -0.05) is 97.1 Å². The molecular formula is C31H19N3O. The van der Waals surface area contributed by atoms with Gasteiger partial charge in [0.05, 0.1) is 5.56 Å². The minimum atomic E-state index is 0.590. The van der Waals surface area contributed by atoms with Crippen LogP contribution in [-0.4, -0.2) is 15.0 Å². The van der Waals surface area contributed by atoms with E-state index >= 15 is 0 Å². The number of hydrogen-bond acceptors (Lipinski definition) is 4. The SMILES string of the molecule is c1ccc(-c2nc(-c3ccccc3)nc(-c3cccc4c3oc3cc5ccccc5cc34)n2)cc1. The first-order chi connectivity index (χ1) is 17.3. The van der Waals surface area contributed by atoms with E-state index in [0.29, 0.717) is 17.5 Å². The second-order valence-corrected chi connectivity index (χ2v) is 8.52. The first-order valence-electron chi connectivity index (χ1n) is 11.5. The van der Waals surface area contributed by atoms with Crippen molar-refractivity contribution in [3.8, 4) is 34.2 Å². The van der Waals surface area contributed by atoms with Gasteiger partial charge in [-0.15, -0.1) is 0 Å².